The van der Waals surface area contributed by atoms with E-state index in [9.17, 15) is 9.59 Å². The van der Waals surface area contributed by atoms with Gasteiger partial charge in [-0.25, -0.2) is 4.79 Å². The normalized spacial score (nSPS) is 13.4. The second-order valence-corrected chi connectivity index (χ2v) is 4.38. The minimum atomic E-state index is -0.819. The van der Waals surface area contributed by atoms with Crippen LogP contribution in [0.2, 0.25) is 0 Å². The van der Waals surface area contributed by atoms with Crippen molar-refractivity contribution in [3.63, 3.8) is 0 Å². The molecule has 0 aromatic rings. The van der Waals surface area contributed by atoms with Gasteiger partial charge >= 0.3 is 6.03 Å². The lowest BCUT2D eigenvalue weighted by Crippen LogP contribution is -2.46. The van der Waals surface area contributed by atoms with Crippen LogP contribution in [0.4, 0.5) is 4.79 Å². The molecule has 0 aliphatic rings. The molecular formula is C9H19N3O2. The third-order valence-corrected chi connectivity index (χ3v) is 2.13. The molecule has 0 spiro atoms. The summed E-state index contributed by atoms with van der Waals surface area (Å²) in [6.45, 7) is 8.28. The van der Waals surface area contributed by atoms with E-state index in [2.05, 4.69) is 26.1 Å². The van der Waals surface area contributed by atoms with Crippen LogP contribution in [0.3, 0.4) is 0 Å². The Morgan fingerprint density at radius 1 is 1.36 bits per heavy atom. The second kappa shape index (κ2) is 4.95. The molecule has 0 radical (unpaired) electrons. The molecule has 0 fully saturated rings. The van der Waals surface area contributed by atoms with Gasteiger partial charge < -0.3 is 11.1 Å². The van der Waals surface area contributed by atoms with E-state index in [0.29, 0.717) is 0 Å². The van der Waals surface area contributed by atoms with Gasteiger partial charge in [-0.3, -0.25) is 10.1 Å². The molecule has 4 N–H and O–H groups in total. The Bertz CT molecular complexity index is 221. The largest absolute Gasteiger partial charge is 0.351 e. The number of amides is 3. The van der Waals surface area contributed by atoms with Crippen molar-refractivity contribution in [2.45, 2.75) is 33.7 Å². The van der Waals surface area contributed by atoms with Gasteiger partial charge in [-0.2, -0.15) is 0 Å². The van der Waals surface area contributed by atoms with Gasteiger partial charge in [0.2, 0.25) is 5.91 Å². The van der Waals surface area contributed by atoms with Crippen molar-refractivity contribution in [2.75, 3.05) is 6.54 Å². The lowest BCUT2D eigenvalue weighted by atomic mass is 9.88. The average molecular weight is 201 g/mol. The fourth-order valence-corrected chi connectivity index (χ4v) is 0.734. The number of nitrogens with one attached hydrogen (secondary N) is 2. The van der Waals surface area contributed by atoms with Gasteiger partial charge in [-0.15, -0.1) is 0 Å². The molecule has 1 atom stereocenters. The Morgan fingerprint density at radius 2 is 1.86 bits per heavy atom. The molecule has 14 heavy (non-hydrogen) atoms. The van der Waals surface area contributed by atoms with Gasteiger partial charge in [0.15, 0.2) is 0 Å². The van der Waals surface area contributed by atoms with Crippen molar-refractivity contribution in [1.29, 1.82) is 0 Å². The van der Waals surface area contributed by atoms with Gasteiger partial charge in [0.05, 0.1) is 6.54 Å². The Kier molecular flexibility index (Phi) is 4.56. The summed E-state index contributed by atoms with van der Waals surface area (Å²) in [7, 11) is 0. The maximum Gasteiger partial charge on any atom is 0.318 e. The lowest BCUT2D eigenvalue weighted by Gasteiger charge is -2.27. The highest BCUT2D eigenvalue weighted by atomic mass is 16.2. The van der Waals surface area contributed by atoms with Crippen LogP contribution in [-0.4, -0.2) is 24.5 Å². The molecule has 82 valence electrons. The first kappa shape index (κ1) is 12.9. The highest BCUT2D eigenvalue weighted by Crippen LogP contribution is 2.17. The average Bonchev–Trinajstić information content (AvgIpc) is 1.96. The van der Waals surface area contributed by atoms with Crippen molar-refractivity contribution < 1.29 is 9.59 Å². The fraction of sp³-hybridized carbons (Fsp3) is 0.778. The van der Waals surface area contributed by atoms with Gasteiger partial charge in [0.25, 0.3) is 0 Å². The summed E-state index contributed by atoms with van der Waals surface area (Å²) in [5, 5.41) is 4.99. The summed E-state index contributed by atoms with van der Waals surface area (Å²) in [5.41, 5.74) is 4.86. The van der Waals surface area contributed by atoms with Crippen LogP contribution in [0, 0.1) is 5.41 Å². The SMILES string of the molecule is CC(NCC(=O)NC(N)=O)C(C)(C)C. The summed E-state index contributed by atoms with van der Waals surface area (Å²) in [6.07, 6.45) is 0. The van der Waals surface area contributed by atoms with E-state index in [1.54, 1.807) is 0 Å². The Morgan fingerprint density at radius 3 is 2.21 bits per heavy atom. The molecule has 0 aromatic heterocycles. The number of carbonyl (C=O) groups excluding carboxylic acids is 2. The predicted molar refractivity (Wildman–Crippen MR) is 54.6 cm³/mol. The minimum Gasteiger partial charge on any atom is -0.351 e. The standard InChI is InChI=1S/C9H19N3O2/c1-6(9(2,3)4)11-5-7(13)12-8(10)14/h6,11H,5H2,1-4H3,(H3,10,12,13,14). The monoisotopic (exact) mass is 201 g/mol. The number of hydrogen-bond acceptors (Lipinski definition) is 3. The number of nitrogens with two attached hydrogens (primary N) is 1. The Hall–Kier alpha value is -1.10. The summed E-state index contributed by atoms with van der Waals surface area (Å²) in [4.78, 5) is 21.3. The smallest absolute Gasteiger partial charge is 0.318 e. The molecule has 0 aliphatic carbocycles. The number of imide groups is 1. The molecular weight excluding hydrogens is 182 g/mol. The van der Waals surface area contributed by atoms with E-state index < -0.39 is 11.9 Å². The molecule has 0 bridgehead atoms. The summed E-state index contributed by atoms with van der Waals surface area (Å²) >= 11 is 0. The number of hydrogen-bond donors (Lipinski definition) is 3. The van der Waals surface area contributed by atoms with E-state index in [0.717, 1.165) is 0 Å². The molecule has 5 heteroatoms. The molecule has 0 rings (SSSR count). The van der Waals surface area contributed by atoms with Crippen molar-refractivity contribution in [3.8, 4) is 0 Å². The van der Waals surface area contributed by atoms with Crippen molar-refractivity contribution in [3.05, 3.63) is 0 Å². The van der Waals surface area contributed by atoms with Crippen LogP contribution in [0.1, 0.15) is 27.7 Å². The second-order valence-electron chi connectivity index (χ2n) is 4.38. The number of carbonyl (C=O) groups is 2. The van der Waals surface area contributed by atoms with E-state index in [4.69, 9.17) is 5.73 Å². The lowest BCUT2D eigenvalue weighted by molar-refractivity contribution is -0.119. The van der Waals surface area contributed by atoms with Crippen LogP contribution in [0.15, 0.2) is 0 Å². The Labute approximate surface area is 84.4 Å². The third kappa shape index (κ3) is 5.53. The quantitative estimate of drug-likeness (QED) is 0.610. The fourth-order valence-electron chi connectivity index (χ4n) is 0.734. The number of primary amides is 1. The van der Waals surface area contributed by atoms with E-state index in [-0.39, 0.29) is 18.0 Å². The first-order valence-corrected chi connectivity index (χ1v) is 4.56. The van der Waals surface area contributed by atoms with Crippen LogP contribution in [-0.2, 0) is 4.79 Å². The third-order valence-electron chi connectivity index (χ3n) is 2.13. The first-order valence-electron chi connectivity index (χ1n) is 4.56. The molecule has 0 aliphatic heterocycles. The zero-order valence-corrected chi connectivity index (χ0v) is 9.18. The van der Waals surface area contributed by atoms with Gasteiger partial charge in [0, 0.05) is 6.04 Å². The molecule has 0 aromatic carbocycles. The molecule has 0 saturated heterocycles. The van der Waals surface area contributed by atoms with Crippen molar-refractivity contribution >= 4 is 11.9 Å². The molecule has 0 heterocycles. The maximum atomic E-state index is 11.0. The van der Waals surface area contributed by atoms with E-state index in [1.165, 1.54) is 0 Å². The first-order chi connectivity index (χ1) is 6.23. The van der Waals surface area contributed by atoms with Crippen molar-refractivity contribution in [1.82, 2.24) is 10.6 Å². The molecule has 1 unspecified atom stereocenters. The Balaban J connectivity index is 3.84. The number of urea groups is 1. The molecule has 5 nitrogen and oxygen atoms in total. The highest BCUT2D eigenvalue weighted by molar-refractivity contribution is 5.94. The van der Waals surface area contributed by atoms with Gasteiger partial charge in [-0.1, -0.05) is 20.8 Å². The van der Waals surface area contributed by atoms with Crippen LogP contribution in [0.5, 0.6) is 0 Å². The molecule has 0 saturated carbocycles. The summed E-state index contributed by atoms with van der Waals surface area (Å²) in [5.74, 6) is -0.409. The van der Waals surface area contributed by atoms with Crippen LogP contribution >= 0.6 is 0 Å². The minimum absolute atomic E-state index is 0.0764. The summed E-state index contributed by atoms with van der Waals surface area (Å²) < 4.78 is 0. The molecule has 3 amide bonds. The summed E-state index contributed by atoms with van der Waals surface area (Å²) in [6, 6.07) is -0.638. The zero-order chi connectivity index (χ0) is 11.4. The maximum absolute atomic E-state index is 11.0. The topological polar surface area (TPSA) is 84.2 Å². The van der Waals surface area contributed by atoms with Crippen LogP contribution in [0.25, 0.3) is 0 Å². The van der Waals surface area contributed by atoms with Gasteiger partial charge in [-0.05, 0) is 12.3 Å². The van der Waals surface area contributed by atoms with Gasteiger partial charge in [0.1, 0.15) is 0 Å². The highest BCUT2D eigenvalue weighted by Gasteiger charge is 2.20. The van der Waals surface area contributed by atoms with E-state index >= 15 is 0 Å². The van der Waals surface area contributed by atoms with Crippen molar-refractivity contribution in [2.24, 2.45) is 11.1 Å². The number of rotatable bonds is 3. The zero-order valence-electron chi connectivity index (χ0n) is 9.18. The van der Waals surface area contributed by atoms with E-state index in [1.807, 2.05) is 12.2 Å². The predicted octanol–water partition coefficient (Wildman–Crippen LogP) is 0.206. The van der Waals surface area contributed by atoms with Crippen LogP contribution < -0.4 is 16.4 Å².